The molecule has 0 fully saturated rings. The first-order chi connectivity index (χ1) is 19.7. The van der Waals surface area contributed by atoms with E-state index in [9.17, 15) is 0 Å². The Balaban J connectivity index is 1.24. The van der Waals surface area contributed by atoms with E-state index >= 15 is 0 Å². The van der Waals surface area contributed by atoms with Crippen molar-refractivity contribution in [3.8, 4) is 17.4 Å². The first-order valence-electron chi connectivity index (χ1n) is 12.8. The minimum Gasteiger partial charge on any atom is -0.497 e. The first-order valence-corrected chi connectivity index (χ1v) is 14.6. The van der Waals surface area contributed by atoms with Crippen LogP contribution in [0.25, 0.3) is 26.6 Å². The molecule has 4 heterocycles. The van der Waals surface area contributed by atoms with Crippen LogP contribution in [0.2, 0.25) is 0 Å². The molecule has 0 amide bonds. The lowest BCUT2D eigenvalue weighted by Gasteiger charge is -2.28. The van der Waals surface area contributed by atoms with Gasteiger partial charge >= 0.3 is 0 Å². The quantitative estimate of drug-likeness (QED) is 0.202. The number of benzene rings is 4. The average molecular weight is 560 g/mol. The number of rotatable bonds is 5. The van der Waals surface area contributed by atoms with Gasteiger partial charge in [0.05, 0.1) is 28.6 Å². The van der Waals surface area contributed by atoms with Crippen LogP contribution in [0.1, 0.15) is 28.4 Å². The lowest BCUT2D eigenvalue weighted by atomic mass is 9.83. The third kappa shape index (κ3) is 3.81. The molecule has 0 unspecified atom stereocenters. The minimum atomic E-state index is -0.139. The summed E-state index contributed by atoms with van der Waals surface area (Å²) in [4.78, 5) is 14.5. The standard InChI is InChI=1S/C31H21N5O2S2/c1-37-20-13-10-19(11-14-20)26-22-15-12-18-6-2-3-7-21(18)28(22)38-30-27(26)29-34-25(35-36(29)17-32-30)16-39-31-33-23-8-4-5-9-24(23)40-31/h2-15,17,26H,16H2,1H3/t26-/m0/s1. The van der Waals surface area contributed by atoms with E-state index in [1.165, 1.54) is 4.70 Å². The molecule has 0 radical (unpaired) electrons. The predicted octanol–water partition coefficient (Wildman–Crippen LogP) is 7.47. The van der Waals surface area contributed by atoms with Crippen LogP contribution in [0.15, 0.2) is 95.6 Å². The van der Waals surface area contributed by atoms with E-state index in [1.54, 1.807) is 41.1 Å². The summed E-state index contributed by atoms with van der Waals surface area (Å²) in [7, 11) is 1.68. The molecule has 40 heavy (non-hydrogen) atoms. The zero-order valence-corrected chi connectivity index (χ0v) is 22.9. The number of methoxy groups -OCH3 is 1. The van der Waals surface area contributed by atoms with Gasteiger partial charge in [0.15, 0.2) is 15.8 Å². The highest BCUT2D eigenvalue weighted by atomic mass is 32.2. The van der Waals surface area contributed by atoms with Gasteiger partial charge < -0.3 is 9.47 Å². The molecule has 9 heteroatoms. The van der Waals surface area contributed by atoms with Gasteiger partial charge in [-0.2, -0.15) is 0 Å². The maximum atomic E-state index is 6.54. The van der Waals surface area contributed by atoms with Crippen molar-refractivity contribution >= 4 is 49.7 Å². The Morgan fingerprint density at radius 2 is 1.80 bits per heavy atom. The van der Waals surface area contributed by atoms with E-state index in [0.29, 0.717) is 11.6 Å². The van der Waals surface area contributed by atoms with Crippen LogP contribution in [0.4, 0.5) is 0 Å². The normalized spacial score (nSPS) is 14.3. The minimum absolute atomic E-state index is 0.139. The maximum absolute atomic E-state index is 6.54. The van der Waals surface area contributed by atoms with Crippen molar-refractivity contribution in [2.45, 2.75) is 16.0 Å². The topological polar surface area (TPSA) is 74.4 Å². The van der Waals surface area contributed by atoms with Gasteiger partial charge in [0.2, 0.25) is 5.88 Å². The van der Waals surface area contributed by atoms with E-state index in [0.717, 1.165) is 60.3 Å². The molecule has 0 saturated heterocycles. The van der Waals surface area contributed by atoms with Crippen LogP contribution in [0, 0.1) is 0 Å². The molecule has 4 aromatic carbocycles. The zero-order valence-electron chi connectivity index (χ0n) is 21.3. The third-order valence-corrected chi connectivity index (χ3v) is 9.36. The van der Waals surface area contributed by atoms with Crippen molar-refractivity contribution in [2.75, 3.05) is 7.11 Å². The molecular formula is C31H21N5O2S2. The Hall–Kier alpha value is -4.47. The number of thioether (sulfide) groups is 1. The third-order valence-electron chi connectivity index (χ3n) is 7.19. The Morgan fingerprint density at radius 3 is 2.67 bits per heavy atom. The van der Waals surface area contributed by atoms with Crippen molar-refractivity contribution in [3.63, 3.8) is 0 Å². The fourth-order valence-corrected chi connectivity index (χ4v) is 7.25. The molecule has 1 atom stereocenters. The van der Waals surface area contributed by atoms with Crippen molar-refractivity contribution in [2.24, 2.45) is 0 Å². The summed E-state index contributed by atoms with van der Waals surface area (Å²) in [5, 5.41) is 6.95. The van der Waals surface area contributed by atoms with Crippen LogP contribution in [-0.4, -0.2) is 31.7 Å². The van der Waals surface area contributed by atoms with Crippen LogP contribution in [0.5, 0.6) is 17.4 Å². The molecule has 0 saturated carbocycles. The molecular weight excluding hydrogens is 539 g/mol. The number of thiazole rings is 1. The summed E-state index contributed by atoms with van der Waals surface area (Å²) in [5.74, 6) is 3.37. The Labute approximate surface area is 237 Å². The number of hydrogen-bond acceptors (Lipinski definition) is 8. The van der Waals surface area contributed by atoms with Gasteiger partial charge in [-0.1, -0.05) is 72.4 Å². The molecule has 1 aliphatic rings. The molecule has 0 aliphatic carbocycles. The monoisotopic (exact) mass is 559 g/mol. The molecule has 3 aromatic heterocycles. The fourth-order valence-electron chi connectivity index (χ4n) is 5.33. The molecule has 1 aliphatic heterocycles. The zero-order chi connectivity index (χ0) is 26.6. The van der Waals surface area contributed by atoms with Gasteiger partial charge in [-0.3, -0.25) is 0 Å². The number of nitrogens with zero attached hydrogens (tertiary/aromatic N) is 5. The van der Waals surface area contributed by atoms with Gasteiger partial charge in [-0.15, -0.1) is 16.4 Å². The lowest BCUT2D eigenvalue weighted by Crippen LogP contribution is -2.15. The number of ether oxygens (including phenoxy) is 2. The van der Waals surface area contributed by atoms with Crippen LogP contribution < -0.4 is 9.47 Å². The summed E-state index contributed by atoms with van der Waals surface area (Å²) in [6.45, 7) is 0. The van der Waals surface area contributed by atoms with E-state index < -0.39 is 0 Å². The second-order valence-electron chi connectivity index (χ2n) is 9.51. The Morgan fingerprint density at radius 1 is 0.950 bits per heavy atom. The number of hydrogen-bond donors (Lipinski definition) is 0. The van der Waals surface area contributed by atoms with E-state index in [1.807, 2.05) is 42.5 Å². The number of fused-ring (bicyclic) bond motifs is 7. The smallest absolute Gasteiger partial charge is 0.228 e. The van der Waals surface area contributed by atoms with E-state index in [2.05, 4.69) is 42.5 Å². The summed E-state index contributed by atoms with van der Waals surface area (Å²) in [6.07, 6.45) is 1.69. The molecule has 0 spiro atoms. The number of aromatic nitrogens is 5. The summed E-state index contributed by atoms with van der Waals surface area (Å²) >= 11 is 3.33. The summed E-state index contributed by atoms with van der Waals surface area (Å²) < 4.78 is 15.9. The molecule has 194 valence electrons. The molecule has 7 nitrogen and oxygen atoms in total. The van der Waals surface area contributed by atoms with Gasteiger partial charge in [-0.25, -0.2) is 19.5 Å². The van der Waals surface area contributed by atoms with E-state index in [4.69, 9.17) is 29.5 Å². The summed E-state index contributed by atoms with van der Waals surface area (Å²) in [6, 6.07) is 28.9. The van der Waals surface area contributed by atoms with Crippen LogP contribution in [0.3, 0.4) is 0 Å². The Kier molecular flexibility index (Phi) is 5.46. The maximum Gasteiger partial charge on any atom is 0.228 e. The lowest BCUT2D eigenvalue weighted by molar-refractivity contribution is 0.414. The molecule has 8 rings (SSSR count). The van der Waals surface area contributed by atoms with Crippen LogP contribution >= 0.6 is 23.1 Å². The Bertz CT molecular complexity index is 2020. The van der Waals surface area contributed by atoms with Gasteiger partial charge in [-0.05, 0) is 35.2 Å². The van der Waals surface area contributed by atoms with E-state index in [-0.39, 0.29) is 5.92 Å². The predicted molar refractivity (Wildman–Crippen MR) is 158 cm³/mol. The fraction of sp³-hybridized carbons (Fsp3) is 0.0968. The molecule has 7 aromatic rings. The van der Waals surface area contributed by atoms with Crippen molar-refractivity contribution in [3.05, 3.63) is 114 Å². The largest absolute Gasteiger partial charge is 0.497 e. The molecule has 0 N–H and O–H groups in total. The summed E-state index contributed by atoms with van der Waals surface area (Å²) in [5.41, 5.74) is 4.83. The highest BCUT2D eigenvalue weighted by Crippen LogP contribution is 2.50. The van der Waals surface area contributed by atoms with Crippen molar-refractivity contribution in [1.82, 2.24) is 24.6 Å². The second-order valence-corrected chi connectivity index (χ2v) is 11.8. The second kappa shape index (κ2) is 9.32. The van der Waals surface area contributed by atoms with Gasteiger partial charge in [0.25, 0.3) is 0 Å². The SMILES string of the molecule is COc1ccc([C@H]2c3ccc4ccccc4c3Oc3ncn4nc(CSc5nc6ccccc6s5)nc4c32)cc1. The highest BCUT2D eigenvalue weighted by Gasteiger charge is 2.34. The number of para-hydroxylation sites is 1. The highest BCUT2D eigenvalue weighted by molar-refractivity contribution is 8.00. The van der Waals surface area contributed by atoms with Crippen LogP contribution in [-0.2, 0) is 5.75 Å². The first kappa shape index (κ1) is 23.4. The average Bonchev–Trinajstić information content (AvgIpc) is 3.62. The van der Waals surface area contributed by atoms with Crippen molar-refractivity contribution in [1.29, 1.82) is 0 Å². The molecule has 0 bridgehead atoms. The van der Waals surface area contributed by atoms with Crippen molar-refractivity contribution < 1.29 is 9.47 Å². The van der Waals surface area contributed by atoms with Gasteiger partial charge in [0.1, 0.15) is 17.8 Å². The van der Waals surface area contributed by atoms with Gasteiger partial charge in [0, 0.05) is 16.9 Å².